The second-order valence-electron chi connectivity index (χ2n) is 10.3. The number of rotatable bonds is 7. The average molecular weight is 559 g/mol. The van der Waals surface area contributed by atoms with Crippen molar-refractivity contribution < 1.29 is 28.7 Å². The summed E-state index contributed by atoms with van der Waals surface area (Å²) >= 11 is 0. The van der Waals surface area contributed by atoms with Crippen molar-refractivity contribution in [3.8, 4) is 0 Å². The fourth-order valence-electron chi connectivity index (χ4n) is 5.53. The van der Waals surface area contributed by atoms with E-state index < -0.39 is 24.9 Å². The molecule has 5 rings (SSSR count). The molecule has 1 aliphatic heterocycles. The fraction of sp³-hybridized carbons (Fsp3) is 0.258. The first-order chi connectivity index (χ1) is 19.1. The van der Waals surface area contributed by atoms with Gasteiger partial charge in [0.25, 0.3) is 5.91 Å². The normalized spacial score (nSPS) is 15.2. The van der Waals surface area contributed by atoms with Crippen LogP contribution in [0.2, 0.25) is 0 Å². The Labute approximate surface area is 232 Å². The van der Waals surface area contributed by atoms with E-state index in [2.05, 4.69) is 5.32 Å². The highest BCUT2D eigenvalue weighted by molar-refractivity contribution is 7.53. The molecule has 9 heteroatoms. The molecule has 1 fully saturated rings. The summed E-state index contributed by atoms with van der Waals surface area (Å²) in [5.74, 6) is -1.08. The number of carbonyl (C=O) groups is 3. The summed E-state index contributed by atoms with van der Waals surface area (Å²) in [6.45, 7) is 3.18. The van der Waals surface area contributed by atoms with Gasteiger partial charge >= 0.3 is 7.60 Å². The maximum atomic E-state index is 14.1. The summed E-state index contributed by atoms with van der Waals surface area (Å²) < 4.78 is 12.9. The van der Waals surface area contributed by atoms with Crippen molar-refractivity contribution in [2.24, 2.45) is 5.92 Å². The van der Waals surface area contributed by atoms with Crippen molar-refractivity contribution in [3.05, 3.63) is 95.6 Å². The van der Waals surface area contributed by atoms with E-state index in [1.54, 1.807) is 60.4 Å². The predicted octanol–water partition coefficient (Wildman–Crippen LogP) is 5.08. The molecule has 0 aliphatic carbocycles. The first-order valence-corrected chi connectivity index (χ1v) is 14.9. The van der Waals surface area contributed by atoms with Crippen LogP contribution in [-0.4, -0.2) is 51.9 Å². The van der Waals surface area contributed by atoms with Crippen molar-refractivity contribution in [2.75, 3.05) is 19.6 Å². The third kappa shape index (κ3) is 5.70. The fourth-order valence-corrected chi connectivity index (χ4v) is 6.56. The van der Waals surface area contributed by atoms with Gasteiger partial charge in [0.05, 0.1) is 5.56 Å². The largest absolute Gasteiger partial charge is 0.352 e. The number of ketones is 1. The molecule has 0 radical (unpaired) electrons. The van der Waals surface area contributed by atoms with Gasteiger partial charge in [-0.3, -0.25) is 18.9 Å². The molecule has 206 valence electrons. The van der Waals surface area contributed by atoms with Crippen LogP contribution in [0.3, 0.4) is 0 Å². The predicted molar refractivity (Wildman–Crippen MR) is 154 cm³/mol. The Hall–Kier alpha value is -3.84. The van der Waals surface area contributed by atoms with Crippen LogP contribution in [-0.2, 0) is 9.36 Å². The number of hydrogen-bond acceptors (Lipinski definition) is 4. The SMILES string of the molecule is CC(=O)N1CCC(CNC(=O)c2cc3ccccc3cc2C(=O)C(c2cccc3ccccc23)P(=O)(O)O)CC1. The van der Waals surface area contributed by atoms with Crippen LogP contribution in [0.4, 0.5) is 0 Å². The lowest BCUT2D eigenvalue weighted by molar-refractivity contribution is -0.130. The third-order valence-electron chi connectivity index (χ3n) is 7.71. The number of likely N-dealkylation sites (tertiary alicyclic amines) is 1. The van der Waals surface area contributed by atoms with Crippen LogP contribution in [0.15, 0.2) is 78.9 Å². The summed E-state index contributed by atoms with van der Waals surface area (Å²) in [6.07, 6.45) is 1.51. The molecule has 1 atom stereocenters. The van der Waals surface area contributed by atoms with Gasteiger partial charge < -0.3 is 20.0 Å². The maximum Gasteiger partial charge on any atom is 0.340 e. The number of hydrogen-bond donors (Lipinski definition) is 3. The van der Waals surface area contributed by atoms with Gasteiger partial charge in [-0.2, -0.15) is 0 Å². The highest BCUT2D eigenvalue weighted by atomic mass is 31.2. The number of nitrogens with one attached hydrogen (secondary N) is 1. The minimum atomic E-state index is -5.00. The minimum Gasteiger partial charge on any atom is -0.352 e. The molecule has 1 unspecified atom stereocenters. The summed E-state index contributed by atoms with van der Waals surface area (Å²) in [5, 5.41) is 5.66. The molecule has 1 heterocycles. The molecule has 4 aromatic rings. The third-order valence-corrected chi connectivity index (χ3v) is 8.90. The van der Waals surface area contributed by atoms with E-state index in [4.69, 9.17) is 0 Å². The summed E-state index contributed by atoms with van der Waals surface area (Å²) in [5.41, 5.74) is -1.53. The van der Waals surface area contributed by atoms with E-state index in [0.29, 0.717) is 30.4 Å². The zero-order valence-electron chi connectivity index (χ0n) is 22.1. The van der Waals surface area contributed by atoms with E-state index in [0.717, 1.165) is 23.6 Å². The Kier molecular flexibility index (Phi) is 7.86. The van der Waals surface area contributed by atoms with Crippen LogP contribution in [0.1, 0.15) is 51.7 Å². The van der Waals surface area contributed by atoms with Gasteiger partial charge in [0.1, 0.15) is 5.66 Å². The first-order valence-electron chi connectivity index (χ1n) is 13.3. The zero-order chi connectivity index (χ0) is 28.4. The second-order valence-corrected chi connectivity index (χ2v) is 12.0. The van der Waals surface area contributed by atoms with Gasteiger partial charge in [-0.1, -0.05) is 66.7 Å². The molecule has 8 nitrogen and oxygen atoms in total. The highest BCUT2D eigenvalue weighted by Crippen LogP contribution is 2.55. The monoisotopic (exact) mass is 558 g/mol. The molecular formula is C31H31N2O6P. The first kappa shape index (κ1) is 27.7. The quantitative estimate of drug-likeness (QED) is 0.215. The van der Waals surface area contributed by atoms with Gasteiger partial charge in [0.2, 0.25) is 5.91 Å². The van der Waals surface area contributed by atoms with Gasteiger partial charge in [-0.15, -0.1) is 0 Å². The molecule has 2 amide bonds. The number of Topliss-reactive ketones (excluding diaryl/α,β-unsaturated/α-hetero) is 1. The van der Waals surface area contributed by atoms with Crippen LogP contribution >= 0.6 is 7.60 Å². The van der Waals surface area contributed by atoms with E-state index in [1.165, 1.54) is 0 Å². The number of fused-ring (bicyclic) bond motifs is 2. The highest BCUT2D eigenvalue weighted by Gasteiger charge is 2.40. The molecule has 3 N–H and O–H groups in total. The number of benzene rings is 4. The van der Waals surface area contributed by atoms with E-state index in [-0.39, 0.29) is 28.5 Å². The number of amides is 2. The van der Waals surface area contributed by atoms with Crippen molar-refractivity contribution in [1.82, 2.24) is 10.2 Å². The Morgan fingerprint density at radius 3 is 2.08 bits per heavy atom. The van der Waals surface area contributed by atoms with Gasteiger partial charge in [0.15, 0.2) is 5.78 Å². The summed E-state index contributed by atoms with van der Waals surface area (Å²) in [4.78, 5) is 62.0. The number of piperidine rings is 1. The molecule has 1 aliphatic rings. The van der Waals surface area contributed by atoms with Crippen LogP contribution in [0.25, 0.3) is 21.5 Å². The average Bonchev–Trinajstić information content (AvgIpc) is 2.95. The van der Waals surface area contributed by atoms with Crippen molar-refractivity contribution in [1.29, 1.82) is 0 Å². The van der Waals surface area contributed by atoms with Gasteiger partial charge in [-0.25, -0.2) is 0 Å². The van der Waals surface area contributed by atoms with Gasteiger partial charge in [-0.05, 0) is 58.0 Å². The molecule has 1 saturated heterocycles. The molecule has 40 heavy (non-hydrogen) atoms. The Balaban J connectivity index is 1.51. The lowest BCUT2D eigenvalue weighted by Gasteiger charge is -2.31. The van der Waals surface area contributed by atoms with Crippen molar-refractivity contribution >= 4 is 46.7 Å². The summed E-state index contributed by atoms with van der Waals surface area (Å²) in [7, 11) is -5.00. The molecule has 4 aromatic carbocycles. The van der Waals surface area contributed by atoms with Crippen molar-refractivity contribution in [3.63, 3.8) is 0 Å². The molecule has 0 bridgehead atoms. The van der Waals surface area contributed by atoms with Crippen LogP contribution < -0.4 is 5.32 Å². The standard InChI is InChI=1S/C31H31N2O6P/c1-20(34)33-15-13-21(14-16-33)19-32-31(36)28-18-24-9-3-2-8-23(24)17-27(28)29(35)30(40(37,38)39)26-12-6-10-22-7-4-5-11-25(22)26/h2-12,17-18,21,30H,13-16,19H2,1H3,(H,32,36)(H2,37,38,39). The molecule has 0 saturated carbocycles. The molecule has 0 aromatic heterocycles. The second kappa shape index (κ2) is 11.3. The van der Waals surface area contributed by atoms with E-state index >= 15 is 0 Å². The Morgan fingerprint density at radius 1 is 0.875 bits per heavy atom. The topological polar surface area (TPSA) is 124 Å². The smallest absolute Gasteiger partial charge is 0.340 e. The van der Waals surface area contributed by atoms with E-state index in [9.17, 15) is 28.7 Å². The minimum absolute atomic E-state index is 0.0348. The molecular weight excluding hydrogens is 527 g/mol. The lowest BCUT2D eigenvalue weighted by Crippen LogP contribution is -2.40. The zero-order valence-corrected chi connectivity index (χ0v) is 23.0. The van der Waals surface area contributed by atoms with Gasteiger partial charge in [0, 0.05) is 32.1 Å². The van der Waals surface area contributed by atoms with Crippen molar-refractivity contribution in [2.45, 2.75) is 25.4 Å². The maximum absolute atomic E-state index is 14.1. The number of nitrogens with zero attached hydrogens (tertiary/aromatic N) is 1. The Morgan fingerprint density at radius 2 is 1.45 bits per heavy atom. The van der Waals surface area contributed by atoms with Crippen LogP contribution in [0.5, 0.6) is 0 Å². The molecule has 0 spiro atoms. The summed E-state index contributed by atoms with van der Waals surface area (Å²) in [6, 6.07) is 22.5. The lowest BCUT2D eigenvalue weighted by atomic mass is 9.92. The Bertz CT molecular complexity index is 1650. The number of carbonyl (C=O) groups excluding carboxylic acids is 3. The van der Waals surface area contributed by atoms with E-state index in [1.807, 2.05) is 30.3 Å². The van der Waals surface area contributed by atoms with Crippen LogP contribution in [0, 0.1) is 5.92 Å².